The lowest BCUT2D eigenvalue weighted by atomic mass is 10.0. The van der Waals surface area contributed by atoms with E-state index in [-0.39, 0.29) is 25.5 Å². The van der Waals surface area contributed by atoms with Crippen LogP contribution in [0.25, 0.3) is 0 Å². The number of hydrogen-bond acceptors (Lipinski definition) is 9. The molecule has 1 fully saturated rings. The average molecular weight is 490 g/mol. The Balaban J connectivity index is 0.00000432. The standard InChI is InChI=1S/C23H33N7O3S.H2/c1-14-9-17(13-29-7-8-30(15(2)12-29)22(31)33-23(4,5)6)16(3)18(10-14)27-21(25)32-20(24)19-11-26-34-28-19;/h9-11,15,24H,7-8,12-13H2,1-6H3,(H2,25,27);1H/t15-;/m0./s1. The maximum Gasteiger partial charge on any atom is 0.410 e. The fraction of sp³-hybridized carbons (Fsp3) is 0.522. The molecular formula is C23H35N7O3S. The van der Waals surface area contributed by atoms with Gasteiger partial charge < -0.3 is 20.1 Å². The van der Waals surface area contributed by atoms with E-state index in [1.54, 1.807) is 4.90 Å². The van der Waals surface area contributed by atoms with E-state index in [0.717, 1.165) is 48.1 Å². The maximum absolute atomic E-state index is 12.5. The number of amides is 1. The van der Waals surface area contributed by atoms with Crippen molar-refractivity contribution >= 4 is 35.4 Å². The SMILES string of the molecule is Cc1cc(CN2CCN(C(=O)OC(C)(C)C)[C@@H](C)C2)c(C)c(N=C(N)OC(=N)c2cnsn2)c1.[HH]. The van der Waals surface area contributed by atoms with E-state index in [0.29, 0.717) is 17.9 Å². The minimum Gasteiger partial charge on any atom is -0.444 e. The molecule has 1 aliphatic heterocycles. The number of nitrogens with two attached hydrogens (primary N) is 1. The summed E-state index contributed by atoms with van der Waals surface area (Å²) in [5, 5.41) is 7.94. The number of aryl methyl sites for hydroxylation is 1. The van der Waals surface area contributed by atoms with E-state index < -0.39 is 5.60 Å². The molecule has 0 spiro atoms. The molecule has 0 unspecified atom stereocenters. The molecule has 0 saturated carbocycles. The van der Waals surface area contributed by atoms with Crippen LogP contribution in [0.1, 0.15) is 51.5 Å². The van der Waals surface area contributed by atoms with Gasteiger partial charge in [-0.25, -0.2) is 4.79 Å². The van der Waals surface area contributed by atoms with Crippen molar-refractivity contribution in [2.24, 2.45) is 10.7 Å². The van der Waals surface area contributed by atoms with Gasteiger partial charge in [0.05, 0.1) is 23.6 Å². The third-order valence-electron chi connectivity index (χ3n) is 5.40. The maximum atomic E-state index is 12.5. The molecule has 3 rings (SSSR count). The fourth-order valence-corrected chi connectivity index (χ4v) is 4.18. The number of amidine groups is 1. The summed E-state index contributed by atoms with van der Waals surface area (Å²) in [5.74, 6) is -0.197. The smallest absolute Gasteiger partial charge is 0.410 e. The van der Waals surface area contributed by atoms with Gasteiger partial charge in [-0.3, -0.25) is 10.3 Å². The molecular weight excluding hydrogens is 454 g/mol. The van der Waals surface area contributed by atoms with Crippen molar-refractivity contribution in [2.45, 2.75) is 59.7 Å². The van der Waals surface area contributed by atoms with E-state index in [4.69, 9.17) is 20.6 Å². The Morgan fingerprint density at radius 1 is 1.35 bits per heavy atom. The van der Waals surface area contributed by atoms with Crippen LogP contribution >= 0.6 is 11.7 Å². The van der Waals surface area contributed by atoms with E-state index in [9.17, 15) is 4.79 Å². The number of aromatic nitrogens is 2. The predicted octanol–water partition coefficient (Wildman–Crippen LogP) is 3.83. The first-order valence-corrected chi connectivity index (χ1v) is 11.9. The van der Waals surface area contributed by atoms with Gasteiger partial charge in [-0.1, -0.05) is 6.07 Å². The molecule has 1 atom stereocenters. The summed E-state index contributed by atoms with van der Waals surface area (Å²) in [6.45, 7) is 14.5. The highest BCUT2D eigenvalue weighted by molar-refractivity contribution is 6.99. The highest BCUT2D eigenvalue weighted by Crippen LogP contribution is 2.27. The van der Waals surface area contributed by atoms with Gasteiger partial charge in [-0.2, -0.15) is 13.7 Å². The van der Waals surface area contributed by atoms with Gasteiger partial charge in [0.1, 0.15) is 5.60 Å². The quantitative estimate of drug-likeness (QED) is 0.493. The third-order valence-corrected chi connectivity index (χ3v) is 5.87. The second kappa shape index (κ2) is 10.5. The minimum atomic E-state index is -0.509. The van der Waals surface area contributed by atoms with Crippen LogP contribution in [0, 0.1) is 19.3 Å². The lowest BCUT2D eigenvalue weighted by Crippen LogP contribution is -2.54. The Morgan fingerprint density at radius 3 is 2.71 bits per heavy atom. The predicted molar refractivity (Wildman–Crippen MR) is 135 cm³/mol. The van der Waals surface area contributed by atoms with Crippen LogP contribution in [0.3, 0.4) is 0 Å². The lowest BCUT2D eigenvalue weighted by molar-refractivity contribution is 0.000539. The van der Waals surface area contributed by atoms with Crippen molar-refractivity contribution in [2.75, 3.05) is 19.6 Å². The first kappa shape index (κ1) is 25.6. The van der Waals surface area contributed by atoms with Gasteiger partial charge >= 0.3 is 6.09 Å². The molecule has 186 valence electrons. The summed E-state index contributed by atoms with van der Waals surface area (Å²) in [6, 6.07) is 3.99. The van der Waals surface area contributed by atoms with Crippen molar-refractivity contribution < 1.29 is 15.7 Å². The average Bonchev–Trinajstić information content (AvgIpc) is 3.25. The van der Waals surface area contributed by atoms with Crippen LogP contribution in [0.15, 0.2) is 23.3 Å². The van der Waals surface area contributed by atoms with Gasteiger partial charge in [-0.15, -0.1) is 0 Å². The van der Waals surface area contributed by atoms with Crippen molar-refractivity contribution in [1.82, 2.24) is 18.5 Å². The van der Waals surface area contributed by atoms with Gasteiger partial charge in [0.25, 0.3) is 6.02 Å². The largest absolute Gasteiger partial charge is 0.444 e. The summed E-state index contributed by atoms with van der Waals surface area (Å²) in [7, 11) is 0. The number of aliphatic imine (C=N–C) groups is 1. The number of nitrogens with zero attached hydrogens (tertiary/aromatic N) is 5. The zero-order chi connectivity index (χ0) is 25.0. The number of ether oxygens (including phenoxy) is 2. The zero-order valence-electron chi connectivity index (χ0n) is 20.6. The molecule has 2 aromatic rings. The Kier molecular flexibility index (Phi) is 7.88. The number of benzene rings is 1. The number of rotatable bonds is 4. The second-order valence-electron chi connectivity index (χ2n) is 9.50. The molecule has 11 heteroatoms. The minimum absolute atomic E-state index is 0. The summed E-state index contributed by atoms with van der Waals surface area (Å²) >= 11 is 0.991. The van der Waals surface area contributed by atoms with Crippen LogP contribution in [0.4, 0.5) is 10.5 Å². The monoisotopic (exact) mass is 489 g/mol. The zero-order valence-corrected chi connectivity index (χ0v) is 21.4. The normalized spacial score (nSPS) is 17.5. The molecule has 0 bridgehead atoms. The molecule has 1 aromatic heterocycles. The second-order valence-corrected chi connectivity index (χ2v) is 10.1. The molecule has 34 heavy (non-hydrogen) atoms. The van der Waals surface area contributed by atoms with Crippen LogP contribution in [-0.2, 0) is 16.0 Å². The number of piperazine rings is 1. The van der Waals surface area contributed by atoms with Gasteiger partial charge in [0.15, 0.2) is 5.69 Å². The first-order valence-electron chi connectivity index (χ1n) is 11.1. The van der Waals surface area contributed by atoms with E-state index in [2.05, 4.69) is 24.7 Å². The Bertz CT molecular complexity index is 1070. The Labute approximate surface area is 206 Å². The molecule has 0 aliphatic carbocycles. The molecule has 1 aromatic carbocycles. The van der Waals surface area contributed by atoms with Crippen molar-refractivity contribution in [3.63, 3.8) is 0 Å². The molecule has 2 heterocycles. The number of hydrogen-bond donors (Lipinski definition) is 2. The highest BCUT2D eigenvalue weighted by Gasteiger charge is 2.31. The Morgan fingerprint density at radius 2 is 2.09 bits per heavy atom. The summed E-state index contributed by atoms with van der Waals surface area (Å²) in [5.41, 5.74) is 9.61. The van der Waals surface area contributed by atoms with Crippen LogP contribution < -0.4 is 5.73 Å². The topological polar surface area (TPSA) is 130 Å². The van der Waals surface area contributed by atoms with Crippen LogP contribution in [0.5, 0.6) is 0 Å². The van der Waals surface area contributed by atoms with Crippen molar-refractivity contribution in [3.8, 4) is 0 Å². The number of carbonyl (C=O) groups excluding carboxylic acids is 1. The summed E-state index contributed by atoms with van der Waals surface area (Å²) in [6.07, 6.45) is 1.18. The van der Waals surface area contributed by atoms with E-state index in [1.807, 2.05) is 47.6 Å². The van der Waals surface area contributed by atoms with Gasteiger partial charge in [0.2, 0.25) is 5.90 Å². The van der Waals surface area contributed by atoms with Crippen molar-refractivity contribution in [3.05, 3.63) is 40.7 Å². The fourth-order valence-electron chi connectivity index (χ4n) is 3.77. The first-order chi connectivity index (χ1) is 15.9. The number of nitrogens with one attached hydrogen (secondary N) is 1. The molecule has 10 nitrogen and oxygen atoms in total. The molecule has 1 aliphatic rings. The van der Waals surface area contributed by atoms with Crippen LogP contribution in [0.2, 0.25) is 0 Å². The molecule has 1 saturated heterocycles. The number of carbonyl (C=O) groups is 1. The van der Waals surface area contributed by atoms with Crippen molar-refractivity contribution in [1.29, 1.82) is 5.41 Å². The van der Waals surface area contributed by atoms with Gasteiger partial charge in [0, 0.05) is 33.6 Å². The van der Waals surface area contributed by atoms with Crippen LogP contribution in [-0.4, -0.2) is 67.8 Å². The van der Waals surface area contributed by atoms with E-state index >= 15 is 0 Å². The van der Waals surface area contributed by atoms with E-state index in [1.165, 1.54) is 6.20 Å². The lowest BCUT2D eigenvalue weighted by Gasteiger charge is -2.40. The summed E-state index contributed by atoms with van der Waals surface area (Å²) in [4.78, 5) is 21.0. The Hall–Kier alpha value is -3.05. The third kappa shape index (κ3) is 6.73. The highest BCUT2D eigenvalue weighted by atomic mass is 32.1. The van der Waals surface area contributed by atoms with Gasteiger partial charge in [-0.05, 0) is 64.3 Å². The molecule has 1 amide bonds. The summed E-state index contributed by atoms with van der Waals surface area (Å²) < 4.78 is 18.7. The molecule has 0 radical (unpaired) electrons. The molecule has 3 N–H and O–H groups in total.